The van der Waals surface area contributed by atoms with E-state index in [1.165, 1.54) is 89.9 Å². The van der Waals surface area contributed by atoms with Gasteiger partial charge in [-0.05, 0) is 18.6 Å². The predicted octanol–water partition coefficient (Wildman–Crippen LogP) is 7.25. The molecule has 0 radical (unpaired) electrons. The first-order chi connectivity index (χ1) is 12.8. The minimum atomic E-state index is -0.230. The van der Waals surface area contributed by atoms with Crippen molar-refractivity contribution in [2.45, 2.75) is 122 Å². The number of aromatic nitrogens is 1. The summed E-state index contributed by atoms with van der Waals surface area (Å²) in [6, 6.07) is 5.91. The van der Waals surface area contributed by atoms with Crippen LogP contribution in [-0.4, -0.2) is 16.2 Å². The van der Waals surface area contributed by atoms with Crippen LogP contribution in [0.3, 0.4) is 0 Å². The molecule has 1 aromatic heterocycles. The minimum absolute atomic E-state index is 0.230. The van der Waals surface area contributed by atoms with Gasteiger partial charge in [-0.25, -0.2) is 0 Å². The summed E-state index contributed by atoms with van der Waals surface area (Å²) in [4.78, 5) is 4.28. The molecule has 0 aliphatic rings. The molecule has 0 saturated heterocycles. The van der Waals surface area contributed by atoms with Crippen molar-refractivity contribution in [2.75, 3.05) is 0 Å². The molecule has 2 heteroatoms. The standard InChI is InChI=1S/C24H43NO/c1-2-3-4-5-6-7-8-9-10-11-12-13-14-15-16-20-24(26)22-23-19-17-18-21-25-23/h17-19,21,24,26H,2-16,20,22H2,1H3. The van der Waals surface area contributed by atoms with Crippen molar-refractivity contribution in [1.29, 1.82) is 0 Å². The van der Waals surface area contributed by atoms with Crippen molar-refractivity contribution in [1.82, 2.24) is 4.98 Å². The van der Waals surface area contributed by atoms with E-state index < -0.39 is 0 Å². The first-order valence-electron chi connectivity index (χ1n) is 11.4. The van der Waals surface area contributed by atoms with Gasteiger partial charge in [0.05, 0.1) is 6.10 Å². The largest absolute Gasteiger partial charge is 0.393 e. The quantitative estimate of drug-likeness (QED) is 0.279. The number of nitrogens with zero attached hydrogens (tertiary/aromatic N) is 1. The number of rotatable bonds is 18. The third kappa shape index (κ3) is 14.3. The molecule has 0 bridgehead atoms. The second-order valence-corrected chi connectivity index (χ2v) is 7.92. The maximum atomic E-state index is 10.1. The van der Waals surface area contributed by atoms with Crippen molar-refractivity contribution >= 4 is 0 Å². The molecule has 1 unspecified atom stereocenters. The van der Waals surface area contributed by atoms with Gasteiger partial charge in [-0.2, -0.15) is 0 Å². The van der Waals surface area contributed by atoms with Gasteiger partial charge in [0.2, 0.25) is 0 Å². The van der Waals surface area contributed by atoms with Crippen LogP contribution in [0.2, 0.25) is 0 Å². The summed E-state index contributed by atoms with van der Waals surface area (Å²) >= 11 is 0. The fraction of sp³-hybridized carbons (Fsp3) is 0.792. The summed E-state index contributed by atoms with van der Waals surface area (Å²) in [5.74, 6) is 0. The molecule has 150 valence electrons. The van der Waals surface area contributed by atoms with Crippen molar-refractivity contribution < 1.29 is 5.11 Å². The van der Waals surface area contributed by atoms with Crippen LogP contribution in [0.1, 0.15) is 115 Å². The van der Waals surface area contributed by atoms with Crippen LogP contribution < -0.4 is 0 Å². The average molecular weight is 362 g/mol. The molecule has 1 N–H and O–H groups in total. The fourth-order valence-corrected chi connectivity index (χ4v) is 3.61. The van der Waals surface area contributed by atoms with Gasteiger partial charge in [0.25, 0.3) is 0 Å². The van der Waals surface area contributed by atoms with Crippen LogP contribution in [0.4, 0.5) is 0 Å². The Bertz CT molecular complexity index is 392. The molecule has 1 aromatic rings. The monoisotopic (exact) mass is 361 g/mol. The van der Waals surface area contributed by atoms with Gasteiger partial charge in [-0.15, -0.1) is 0 Å². The third-order valence-electron chi connectivity index (χ3n) is 5.31. The number of aliphatic hydroxyl groups excluding tert-OH is 1. The summed E-state index contributed by atoms with van der Waals surface area (Å²) in [6.45, 7) is 2.28. The van der Waals surface area contributed by atoms with Crippen LogP contribution >= 0.6 is 0 Å². The molecule has 26 heavy (non-hydrogen) atoms. The Kier molecular flexibility index (Phi) is 15.6. The first kappa shape index (κ1) is 23.1. The van der Waals surface area contributed by atoms with E-state index in [-0.39, 0.29) is 6.10 Å². The van der Waals surface area contributed by atoms with Gasteiger partial charge in [0.1, 0.15) is 0 Å². The van der Waals surface area contributed by atoms with Gasteiger partial charge in [0.15, 0.2) is 0 Å². The molecular formula is C24H43NO. The normalized spacial score (nSPS) is 12.4. The van der Waals surface area contributed by atoms with Crippen LogP contribution in [0.15, 0.2) is 24.4 Å². The van der Waals surface area contributed by atoms with Gasteiger partial charge in [0, 0.05) is 18.3 Å². The van der Waals surface area contributed by atoms with Crippen molar-refractivity contribution in [3.8, 4) is 0 Å². The lowest BCUT2D eigenvalue weighted by molar-refractivity contribution is 0.159. The predicted molar refractivity (Wildman–Crippen MR) is 113 cm³/mol. The van der Waals surface area contributed by atoms with E-state index in [2.05, 4.69) is 11.9 Å². The molecule has 0 amide bonds. The minimum Gasteiger partial charge on any atom is -0.393 e. The van der Waals surface area contributed by atoms with Crippen molar-refractivity contribution in [2.24, 2.45) is 0 Å². The lowest BCUT2D eigenvalue weighted by atomic mass is 10.0. The molecule has 1 atom stereocenters. The van der Waals surface area contributed by atoms with E-state index in [1.54, 1.807) is 6.20 Å². The number of aliphatic hydroxyl groups is 1. The topological polar surface area (TPSA) is 33.1 Å². The zero-order valence-electron chi connectivity index (χ0n) is 17.3. The van der Waals surface area contributed by atoms with E-state index in [1.807, 2.05) is 18.2 Å². The molecule has 0 spiro atoms. The molecule has 0 saturated carbocycles. The Morgan fingerprint density at radius 1 is 0.731 bits per heavy atom. The van der Waals surface area contributed by atoms with E-state index in [0.29, 0.717) is 6.42 Å². The molecule has 1 heterocycles. The van der Waals surface area contributed by atoms with E-state index in [4.69, 9.17) is 0 Å². The summed E-state index contributed by atoms with van der Waals surface area (Å²) in [5.41, 5.74) is 1.00. The molecule has 2 nitrogen and oxygen atoms in total. The average Bonchev–Trinajstić information content (AvgIpc) is 2.65. The van der Waals surface area contributed by atoms with E-state index >= 15 is 0 Å². The summed E-state index contributed by atoms with van der Waals surface area (Å²) < 4.78 is 0. The highest BCUT2D eigenvalue weighted by atomic mass is 16.3. The zero-order valence-corrected chi connectivity index (χ0v) is 17.3. The zero-order chi connectivity index (χ0) is 18.7. The SMILES string of the molecule is CCCCCCCCCCCCCCCCCC(O)Cc1ccccn1. The fourth-order valence-electron chi connectivity index (χ4n) is 3.61. The van der Waals surface area contributed by atoms with Crippen molar-refractivity contribution in [3.63, 3.8) is 0 Å². The lowest BCUT2D eigenvalue weighted by Gasteiger charge is -2.09. The number of hydrogen-bond acceptors (Lipinski definition) is 2. The molecular weight excluding hydrogens is 318 g/mol. The van der Waals surface area contributed by atoms with Crippen molar-refractivity contribution in [3.05, 3.63) is 30.1 Å². The van der Waals surface area contributed by atoms with Gasteiger partial charge >= 0.3 is 0 Å². The first-order valence-corrected chi connectivity index (χ1v) is 11.4. The molecule has 0 aliphatic heterocycles. The van der Waals surface area contributed by atoms with Gasteiger partial charge in [-0.1, -0.05) is 109 Å². The Morgan fingerprint density at radius 3 is 1.69 bits per heavy atom. The van der Waals surface area contributed by atoms with E-state index in [0.717, 1.165) is 18.5 Å². The third-order valence-corrected chi connectivity index (χ3v) is 5.31. The molecule has 0 fully saturated rings. The smallest absolute Gasteiger partial charge is 0.0595 e. The highest BCUT2D eigenvalue weighted by Gasteiger charge is 2.05. The number of unbranched alkanes of at least 4 members (excludes halogenated alkanes) is 14. The molecule has 1 rings (SSSR count). The Hall–Kier alpha value is -0.890. The molecule has 0 aliphatic carbocycles. The van der Waals surface area contributed by atoms with Crippen LogP contribution in [0.5, 0.6) is 0 Å². The Labute approximate surface area is 162 Å². The maximum Gasteiger partial charge on any atom is 0.0595 e. The second kappa shape index (κ2) is 17.5. The lowest BCUT2D eigenvalue weighted by Crippen LogP contribution is -2.11. The van der Waals surface area contributed by atoms with Crippen LogP contribution in [0.25, 0.3) is 0 Å². The Morgan fingerprint density at radius 2 is 1.23 bits per heavy atom. The molecule has 0 aromatic carbocycles. The summed E-state index contributed by atoms with van der Waals surface area (Å²) in [7, 11) is 0. The van der Waals surface area contributed by atoms with Crippen LogP contribution in [-0.2, 0) is 6.42 Å². The van der Waals surface area contributed by atoms with E-state index in [9.17, 15) is 5.11 Å². The highest BCUT2D eigenvalue weighted by molar-refractivity contribution is 5.04. The maximum absolute atomic E-state index is 10.1. The second-order valence-electron chi connectivity index (χ2n) is 7.92. The van der Waals surface area contributed by atoms with Gasteiger partial charge < -0.3 is 5.11 Å². The number of pyridine rings is 1. The summed E-state index contributed by atoms with van der Waals surface area (Å²) in [5, 5.41) is 10.1. The summed E-state index contributed by atoms with van der Waals surface area (Å²) in [6.07, 6.45) is 24.0. The number of hydrogen-bond donors (Lipinski definition) is 1. The van der Waals surface area contributed by atoms with Crippen LogP contribution in [0, 0.1) is 0 Å². The van der Waals surface area contributed by atoms with Gasteiger partial charge in [-0.3, -0.25) is 4.98 Å². The highest BCUT2D eigenvalue weighted by Crippen LogP contribution is 2.14. The Balaban J connectivity index is 1.77.